The van der Waals surface area contributed by atoms with Crippen LogP contribution in [0.15, 0.2) is 54.6 Å². The first-order chi connectivity index (χ1) is 11.6. The Morgan fingerprint density at radius 2 is 1.79 bits per heavy atom. The Kier molecular flexibility index (Phi) is 5.20. The Balaban J connectivity index is 1.58. The zero-order chi connectivity index (χ0) is 16.9. The summed E-state index contributed by atoms with van der Waals surface area (Å²) in [7, 11) is 0. The topological polar surface area (TPSA) is 46.6 Å². The minimum absolute atomic E-state index is 0.0667. The van der Waals surface area contributed by atoms with E-state index in [2.05, 4.69) is 0 Å². The molecule has 2 aromatic rings. The van der Waals surface area contributed by atoms with Crippen LogP contribution in [0.2, 0.25) is 0 Å². The van der Waals surface area contributed by atoms with Crippen LogP contribution in [0.1, 0.15) is 18.9 Å². The van der Waals surface area contributed by atoms with E-state index in [-0.39, 0.29) is 16.3 Å². The molecule has 1 saturated heterocycles. The smallest absolute Gasteiger partial charge is 0.224 e. The van der Waals surface area contributed by atoms with Crippen molar-refractivity contribution in [3.63, 3.8) is 0 Å². The summed E-state index contributed by atoms with van der Waals surface area (Å²) < 4.78 is 5.76. The fourth-order valence-electron chi connectivity index (χ4n) is 2.71. The molecule has 24 heavy (non-hydrogen) atoms. The molecule has 0 aliphatic carbocycles. The number of likely N-dealkylation sites (tertiary alicyclic amines) is 1. The van der Waals surface area contributed by atoms with Gasteiger partial charge in [-0.25, -0.2) is 0 Å². The highest BCUT2D eigenvalue weighted by Crippen LogP contribution is 2.26. The standard InChI is InChI=1S/C19H19NO3S/c1-14(21)24-18-11-19(22)20(13-18)12-15-7-9-17(10-8-15)23-16-5-3-2-4-6-16/h2-10,18H,11-13H2,1H3/t18-/m0/s1. The van der Waals surface area contributed by atoms with Crippen LogP contribution in [0.5, 0.6) is 11.5 Å². The molecule has 0 spiro atoms. The third-order valence-corrected chi connectivity index (χ3v) is 4.77. The normalized spacial score (nSPS) is 17.1. The zero-order valence-electron chi connectivity index (χ0n) is 13.5. The molecule has 0 unspecified atom stereocenters. The summed E-state index contributed by atoms with van der Waals surface area (Å²) in [6.07, 6.45) is 0.444. The van der Waals surface area contributed by atoms with E-state index in [1.807, 2.05) is 59.5 Å². The molecule has 0 bridgehead atoms. The molecule has 124 valence electrons. The highest BCUT2D eigenvalue weighted by atomic mass is 32.2. The lowest BCUT2D eigenvalue weighted by atomic mass is 10.2. The molecule has 0 N–H and O–H groups in total. The van der Waals surface area contributed by atoms with Crippen molar-refractivity contribution in [3.05, 3.63) is 60.2 Å². The van der Waals surface area contributed by atoms with E-state index >= 15 is 0 Å². The average Bonchev–Trinajstić information content (AvgIpc) is 2.89. The summed E-state index contributed by atoms with van der Waals surface area (Å²) in [5.74, 6) is 1.67. The molecule has 1 fully saturated rings. The van der Waals surface area contributed by atoms with Crippen LogP contribution in [0, 0.1) is 0 Å². The molecule has 0 saturated carbocycles. The molecule has 1 aliphatic rings. The van der Waals surface area contributed by atoms with Crippen molar-refractivity contribution in [2.24, 2.45) is 0 Å². The Morgan fingerprint density at radius 1 is 1.12 bits per heavy atom. The molecule has 0 radical (unpaired) electrons. The van der Waals surface area contributed by atoms with E-state index in [1.54, 1.807) is 6.92 Å². The molecular formula is C19H19NO3S. The maximum absolute atomic E-state index is 12.1. The molecule has 3 rings (SSSR count). The van der Waals surface area contributed by atoms with E-state index in [9.17, 15) is 9.59 Å². The third-order valence-electron chi connectivity index (χ3n) is 3.79. The number of carbonyl (C=O) groups excluding carboxylic acids is 2. The molecule has 1 aliphatic heterocycles. The van der Waals surface area contributed by atoms with Crippen LogP contribution in [-0.4, -0.2) is 27.7 Å². The first-order valence-corrected chi connectivity index (χ1v) is 8.75. The van der Waals surface area contributed by atoms with E-state index in [0.717, 1.165) is 17.1 Å². The number of hydrogen-bond acceptors (Lipinski definition) is 4. The van der Waals surface area contributed by atoms with Crippen LogP contribution < -0.4 is 4.74 Å². The number of carbonyl (C=O) groups is 2. The molecule has 2 aromatic carbocycles. The van der Waals surface area contributed by atoms with Crippen LogP contribution in [0.4, 0.5) is 0 Å². The van der Waals surface area contributed by atoms with Crippen LogP contribution in [0.3, 0.4) is 0 Å². The highest BCUT2D eigenvalue weighted by Gasteiger charge is 2.30. The summed E-state index contributed by atoms with van der Waals surface area (Å²) in [6.45, 7) is 2.74. The van der Waals surface area contributed by atoms with Gasteiger partial charge in [0.1, 0.15) is 11.5 Å². The van der Waals surface area contributed by atoms with Gasteiger partial charge in [0.15, 0.2) is 5.12 Å². The van der Waals surface area contributed by atoms with E-state index in [1.165, 1.54) is 11.8 Å². The molecule has 1 amide bonds. The van der Waals surface area contributed by atoms with Gasteiger partial charge in [0, 0.05) is 31.7 Å². The predicted molar refractivity (Wildman–Crippen MR) is 95.1 cm³/mol. The Bertz CT molecular complexity index is 715. The van der Waals surface area contributed by atoms with Crippen molar-refractivity contribution in [2.45, 2.75) is 25.1 Å². The number of hydrogen-bond donors (Lipinski definition) is 0. The number of nitrogens with zero attached hydrogens (tertiary/aromatic N) is 1. The van der Waals surface area contributed by atoms with E-state index < -0.39 is 0 Å². The number of rotatable bonds is 5. The zero-order valence-corrected chi connectivity index (χ0v) is 14.3. The minimum atomic E-state index is 0.0667. The van der Waals surface area contributed by atoms with Gasteiger partial charge in [-0.15, -0.1) is 0 Å². The average molecular weight is 341 g/mol. The van der Waals surface area contributed by atoms with Gasteiger partial charge >= 0.3 is 0 Å². The second-order valence-corrected chi connectivity index (χ2v) is 7.25. The maximum atomic E-state index is 12.1. The number of para-hydroxylation sites is 1. The Hall–Kier alpha value is -2.27. The van der Waals surface area contributed by atoms with Gasteiger partial charge in [-0.1, -0.05) is 42.1 Å². The molecule has 0 aromatic heterocycles. The van der Waals surface area contributed by atoms with Crippen molar-refractivity contribution in [1.82, 2.24) is 4.90 Å². The SMILES string of the molecule is CC(=O)S[C@H]1CC(=O)N(Cc2ccc(Oc3ccccc3)cc2)C1. The first kappa shape index (κ1) is 16.6. The van der Waals surface area contributed by atoms with Gasteiger partial charge in [-0.3, -0.25) is 9.59 Å². The van der Waals surface area contributed by atoms with E-state index in [4.69, 9.17) is 4.74 Å². The summed E-state index contributed by atoms with van der Waals surface area (Å²) >= 11 is 1.26. The van der Waals surface area contributed by atoms with Crippen molar-refractivity contribution < 1.29 is 14.3 Å². The Labute approximate surface area is 145 Å². The quantitative estimate of drug-likeness (QED) is 0.828. The van der Waals surface area contributed by atoms with Crippen molar-refractivity contribution >= 4 is 22.8 Å². The van der Waals surface area contributed by atoms with Crippen LogP contribution >= 0.6 is 11.8 Å². The second-order valence-electron chi connectivity index (χ2n) is 5.77. The summed E-state index contributed by atoms with van der Waals surface area (Å²) in [6, 6.07) is 17.4. The third kappa shape index (κ3) is 4.38. The fraction of sp³-hybridized carbons (Fsp3) is 0.263. The van der Waals surface area contributed by atoms with Crippen molar-refractivity contribution in [3.8, 4) is 11.5 Å². The monoisotopic (exact) mass is 341 g/mol. The van der Waals surface area contributed by atoms with E-state index in [0.29, 0.717) is 19.5 Å². The predicted octanol–water partition coefficient (Wildman–Crippen LogP) is 3.86. The van der Waals surface area contributed by atoms with Crippen LogP contribution in [0.25, 0.3) is 0 Å². The number of benzene rings is 2. The molecule has 4 nitrogen and oxygen atoms in total. The highest BCUT2D eigenvalue weighted by molar-refractivity contribution is 8.14. The molecule has 1 atom stereocenters. The van der Waals surface area contributed by atoms with Gasteiger partial charge in [-0.2, -0.15) is 0 Å². The lowest BCUT2D eigenvalue weighted by Gasteiger charge is -2.16. The Morgan fingerprint density at radius 3 is 2.46 bits per heavy atom. The fourth-order valence-corrected chi connectivity index (χ4v) is 3.66. The van der Waals surface area contributed by atoms with Gasteiger partial charge in [0.2, 0.25) is 5.91 Å². The van der Waals surface area contributed by atoms with Gasteiger partial charge in [0.05, 0.1) is 0 Å². The molecule has 1 heterocycles. The summed E-state index contributed by atoms with van der Waals surface area (Å²) in [5, 5.41) is 0.146. The molecule has 5 heteroatoms. The number of amides is 1. The van der Waals surface area contributed by atoms with Crippen LogP contribution in [-0.2, 0) is 16.1 Å². The van der Waals surface area contributed by atoms with Gasteiger partial charge in [0.25, 0.3) is 0 Å². The van der Waals surface area contributed by atoms with Gasteiger partial charge < -0.3 is 9.64 Å². The first-order valence-electron chi connectivity index (χ1n) is 7.87. The van der Waals surface area contributed by atoms with Crippen molar-refractivity contribution in [1.29, 1.82) is 0 Å². The molecular weight excluding hydrogens is 322 g/mol. The number of ether oxygens (including phenoxy) is 1. The second kappa shape index (κ2) is 7.53. The largest absolute Gasteiger partial charge is 0.457 e. The number of thioether (sulfide) groups is 1. The summed E-state index contributed by atoms with van der Waals surface area (Å²) in [4.78, 5) is 25.0. The van der Waals surface area contributed by atoms with Crippen molar-refractivity contribution in [2.75, 3.05) is 6.54 Å². The lowest BCUT2D eigenvalue weighted by molar-refractivity contribution is -0.128. The lowest BCUT2D eigenvalue weighted by Crippen LogP contribution is -2.24. The summed E-state index contributed by atoms with van der Waals surface area (Å²) in [5.41, 5.74) is 1.05. The minimum Gasteiger partial charge on any atom is -0.457 e. The van der Waals surface area contributed by atoms with Gasteiger partial charge in [-0.05, 0) is 29.8 Å². The maximum Gasteiger partial charge on any atom is 0.224 e.